The van der Waals surface area contributed by atoms with Crippen molar-refractivity contribution in [3.8, 4) is 5.75 Å². The number of ether oxygens (including phenoxy) is 1. The van der Waals surface area contributed by atoms with Crippen molar-refractivity contribution in [2.75, 3.05) is 0 Å². The molecular weight excluding hydrogens is 328 g/mol. The van der Waals surface area contributed by atoms with E-state index >= 15 is 0 Å². The van der Waals surface area contributed by atoms with E-state index in [1.807, 2.05) is 0 Å². The Kier molecular flexibility index (Phi) is 4.22. The highest BCUT2D eigenvalue weighted by molar-refractivity contribution is 6.03. The Bertz CT molecular complexity index is 919. The zero-order valence-electron chi connectivity index (χ0n) is 13.3. The lowest BCUT2D eigenvalue weighted by molar-refractivity contribution is 0.100. The molecule has 0 bridgehead atoms. The summed E-state index contributed by atoms with van der Waals surface area (Å²) in [7, 11) is 0. The van der Waals surface area contributed by atoms with Crippen LogP contribution in [0, 0.1) is 11.6 Å². The molecule has 5 nitrogen and oxygen atoms in total. The highest BCUT2D eigenvalue weighted by Crippen LogP contribution is 2.37. The summed E-state index contributed by atoms with van der Waals surface area (Å²) in [5.41, 5.74) is 11.6. The van der Waals surface area contributed by atoms with Crippen LogP contribution in [0.5, 0.6) is 5.75 Å². The van der Waals surface area contributed by atoms with Gasteiger partial charge >= 0.3 is 0 Å². The van der Waals surface area contributed by atoms with Crippen LogP contribution in [0.1, 0.15) is 28.4 Å². The molecule has 25 heavy (non-hydrogen) atoms. The van der Waals surface area contributed by atoms with Crippen molar-refractivity contribution >= 4 is 17.4 Å². The average molecular weight is 343 g/mol. The molecule has 0 spiro atoms. The van der Waals surface area contributed by atoms with E-state index in [-0.39, 0.29) is 23.2 Å². The lowest BCUT2D eigenvalue weighted by atomic mass is 9.92. The maximum Gasteiger partial charge on any atom is 0.280 e. The molecule has 3 rings (SSSR count). The van der Waals surface area contributed by atoms with Crippen molar-refractivity contribution in [3.05, 3.63) is 70.8 Å². The minimum Gasteiger partial charge on any atom is -0.486 e. The Morgan fingerprint density at radius 1 is 1.12 bits per heavy atom. The number of amides is 1. The Morgan fingerprint density at radius 2 is 1.88 bits per heavy atom. The quantitative estimate of drug-likeness (QED) is 0.648. The first-order chi connectivity index (χ1) is 11.8. The van der Waals surface area contributed by atoms with E-state index in [0.717, 1.165) is 18.2 Å². The van der Waals surface area contributed by atoms with Gasteiger partial charge < -0.3 is 16.2 Å². The van der Waals surface area contributed by atoms with Crippen molar-refractivity contribution in [2.45, 2.75) is 13.0 Å². The number of nitrogens with zero attached hydrogens (tertiary/aromatic N) is 1. The molecule has 128 valence electrons. The molecule has 2 aromatic rings. The normalized spacial score (nSPS) is 15.6. The van der Waals surface area contributed by atoms with Crippen LogP contribution < -0.4 is 16.2 Å². The summed E-state index contributed by atoms with van der Waals surface area (Å²) < 4.78 is 33.5. The van der Waals surface area contributed by atoms with Crippen LogP contribution in [-0.2, 0) is 0 Å². The second kappa shape index (κ2) is 6.35. The van der Waals surface area contributed by atoms with Gasteiger partial charge in [-0.25, -0.2) is 8.78 Å². The van der Waals surface area contributed by atoms with Crippen LogP contribution in [-0.4, -0.2) is 18.0 Å². The van der Waals surface area contributed by atoms with Crippen LogP contribution in [0.4, 0.5) is 8.78 Å². The predicted octanol–water partition coefficient (Wildman–Crippen LogP) is 2.59. The van der Waals surface area contributed by atoms with Gasteiger partial charge in [0.1, 0.15) is 23.5 Å². The molecule has 0 saturated carbocycles. The predicted molar refractivity (Wildman–Crippen MR) is 90.1 cm³/mol. The van der Waals surface area contributed by atoms with Gasteiger partial charge in [0.15, 0.2) is 5.96 Å². The molecule has 0 radical (unpaired) electrons. The number of aliphatic imine (C=N–C) groups is 1. The third-order valence-corrected chi connectivity index (χ3v) is 3.68. The number of carbonyl (C=O) groups excluding carboxylic acids is 1. The molecule has 1 aliphatic rings. The number of hydrogen-bond donors (Lipinski definition) is 2. The number of fused-ring (bicyclic) bond motifs is 1. The van der Waals surface area contributed by atoms with Gasteiger partial charge in [-0.15, -0.1) is 0 Å². The molecule has 0 fully saturated rings. The Balaban J connectivity index is 2.15. The number of rotatable bonds is 2. The fraction of sp³-hybridized carbons (Fsp3) is 0.111. The van der Waals surface area contributed by atoms with Gasteiger partial charge in [-0.2, -0.15) is 4.99 Å². The van der Waals surface area contributed by atoms with Crippen LogP contribution in [0.15, 0.2) is 47.5 Å². The van der Waals surface area contributed by atoms with Crippen LogP contribution >= 0.6 is 0 Å². The largest absolute Gasteiger partial charge is 0.486 e. The van der Waals surface area contributed by atoms with Gasteiger partial charge in [-0.05, 0) is 55.0 Å². The zero-order valence-corrected chi connectivity index (χ0v) is 13.3. The van der Waals surface area contributed by atoms with Crippen LogP contribution in [0.3, 0.4) is 0 Å². The molecule has 1 heterocycles. The van der Waals surface area contributed by atoms with Gasteiger partial charge in [-0.1, -0.05) is 0 Å². The summed E-state index contributed by atoms with van der Waals surface area (Å²) >= 11 is 0. The van der Waals surface area contributed by atoms with Gasteiger partial charge in [0, 0.05) is 16.7 Å². The molecule has 2 aromatic carbocycles. The summed E-state index contributed by atoms with van der Waals surface area (Å²) in [4.78, 5) is 15.5. The molecule has 7 heteroatoms. The van der Waals surface area contributed by atoms with Gasteiger partial charge in [0.05, 0.1) is 0 Å². The fourth-order valence-electron chi connectivity index (χ4n) is 2.66. The molecule has 0 aromatic heterocycles. The summed E-state index contributed by atoms with van der Waals surface area (Å²) in [5, 5.41) is 0. The number of carbonyl (C=O) groups is 1. The molecule has 1 aliphatic heterocycles. The first-order valence-electron chi connectivity index (χ1n) is 7.47. The maximum absolute atomic E-state index is 14.2. The first-order valence-corrected chi connectivity index (χ1v) is 7.47. The van der Waals surface area contributed by atoms with E-state index in [9.17, 15) is 13.6 Å². The monoisotopic (exact) mass is 343 g/mol. The molecule has 1 unspecified atom stereocenters. The highest BCUT2D eigenvalue weighted by Gasteiger charge is 2.23. The van der Waals surface area contributed by atoms with Crippen molar-refractivity contribution in [3.63, 3.8) is 0 Å². The van der Waals surface area contributed by atoms with E-state index in [0.29, 0.717) is 16.9 Å². The van der Waals surface area contributed by atoms with Gasteiger partial charge in [0.2, 0.25) is 0 Å². The smallest absolute Gasteiger partial charge is 0.280 e. The minimum atomic E-state index is -0.638. The second-order valence-corrected chi connectivity index (χ2v) is 5.58. The van der Waals surface area contributed by atoms with Gasteiger partial charge in [-0.3, -0.25) is 4.79 Å². The molecule has 4 N–H and O–H groups in total. The van der Waals surface area contributed by atoms with Crippen LogP contribution in [0.2, 0.25) is 0 Å². The molecule has 1 amide bonds. The summed E-state index contributed by atoms with van der Waals surface area (Å²) in [6.07, 6.45) is 1.32. The maximum atomic E-state index is 14.2. The van der Waals surface area contributed by atoms with E-state index in [4.69, 9.17) is 16.2 Å². The van der Waals surface area contributed by atoms with Crippen molar-refractivity contribution in [2.24, 2.45) is 16.5 Å². The number of nitrogens with two attached hydrogens (primary N) is 2. The minimum absolute atomic E-state index is 0.0860. The number of hydrogen-bond acceptors (Lipinski definition) is 2. The molecule has 1 atom stereocenters. The van der Waals surface area contributed by atoms with E-state index < -0.39 is 17.5 Å². The summed E-state index contributed by atoms with van der Waals surface area (Å²) in [6.45, 7) is 1.78. The van der Waals surface area contributed by atoms with Crippen molar-refractivity contribution in [1.82, 2.24) is 0 Å². The number of guanidine groups is 1. The van der Waals surface area contributed by atoms with E-state index in [2.05, 4.69) is 4.99 Å². The molecular formula is C18H15F2N3O2. The summed E-state index contributed by atoms with van der Waals surface area (Å²) in [6, 6.07) is 7.78. The SMILES string of the molecule is CC1C=C(c2cc(F)ccc2F)c2cc(C(=O)N=C(N)N)ccc2O1. The average Bonchev–Trinajstić information content (AvgIpc) is 2.55. The second-order valence-electron chi connectivity index (χ2n) is 5.58. The van der Waals surface area contributed by atoms with Crippen molar-refractivity contribution in [1.29, 1.82) is 0 Å². The lowest BCUT2D eigenvalue weighted by Crippen LogP contribution is -2.24. The Morgan fingerprint density at radius 3 is 2.60 bits per heavy atom. The fourth-order valence-corrected chi connectivity index (χ4v) is 2.66. The number of halogens is 2. The Hall–Kier alpha value is -3.22. The third-order valence-electron chi connectivity index (χ3n) is 3.68. The number of benzene rings is 2. The van der Waals surface area contributed by atoms with E-state index in [1.54, 1.807) is 19.1 Å². The summed E-state index contributed by atoms with van der Waals surface area (Å²) in [5.74, 6) is -1.69. The highest BCUT2D eigenvalue weighted by atomic mass is 19.1. The Labute approximate surface area is 142 Å². The lowest BCUT2D eigenvalue weighted by Gasteiger charge is -2.24. The standard InChI is InChI=1S/C18H15F2N3O2/c1-9-6-12(13-8-11(19)3-4-15(13)20)14-7-10(2-5-16(14)25-9)17(24)23-18(21)22/h2-9H,1H3,(H4,21,22,23,24). The zero-order chi connectivity index (χ0) is 18.1. The van der Waals surface area contributed by atoms with Gasteiger partial charge in [0.25, 0.3) is 5.91 Å². The first kappa shape index (κ1) is 16.6. The topological polar surface area (TPSA) is 90.7 Å². The van der Waals surface area contributed by atoms with E-state index in [1.165, 1.54) is 12.1 Å². The van der Waals surface area contributed by atoms with Crippen molar-refractivity contribution < 1.29 is 18.3 Å². The molecule has 0 aliphatic carbocycles. The molecule has 0 saturated heterocycles. The van der Waals surface area contributed by atoms with Crippen LogP contribution in [0.25, 0.3) is 5.57 Å². The third kappa shape index (κ3) is 3.35.